The first-order valence-electron chi connectivity index (χ1n) is 8.04. The third-order valence-electron chi connectivity index (χ3n) is 4.79. The fraction of sp³-hybridized carbons (Fsp3) is 0.647. The van der Waals surface area contributed by atoms with E-state index in [4.69, 9.17) is 16.3 Å². The van der Waals surface area contributed by atoms with Gasteiger partial charge in [-0.05, 0) is 43.9 Å². The Kier molecular flexibility index (Phi) is 5.17. The summed E-state index contributed by atoms with van der Waals surface area (Å²) in [4.78, 5) is 2.67. The molecule has 3 nitrogen and oxygen atoms in total. The van der Waals surface area contributed by atoms with Gasteiger partial charge < -0.3 is 10.1 Å². The van der Waals surface area contributed by atoms with Gasteiger partial charge >= 0.3 is 0 Å². The Bertz CT molecular complexity index is 468. The van der Waals surface area contributed by atoms with Crippen molar-refractivity contribution >= 4 is 11.6 Å². The number of hydrogen-bond donors (Lipinski definition) is 1. The van der Waals surface area contributed by atoms with Gasteiger partial charge in [0, 0.05) is 43.4 Å². The minimum Gasteiger partial charge on any atom is -0.381 e. The van der Waals surface area contributed by atoms with Gasteiger partial charge in [0.25, 0.3) is 0 Å². The van der Waals surface area contributed by atoms with E-state index in [-0.39, 0.29) is 0 Å². The quantitative estimate of drug-likeness (QED) is 0.925. The van der Waals surface area contributed by atoms with Crippen molar-refractivity contribution in [3.8, 4) is 0 Å². The predicted octanol–water partition coefficient (Wildman–Crippen LogP) is 2.99. The van der Waals surface area contributed by atoms with Gasteiger partial charge in [-0.1, -0.05) is 29.8 Å². The van der Waals surface area contributed by atoms with Crippen LogP contribution in [-0.4, -0.2) is 43.3 Å². The van der Waals surface area contributed by atoms with Crippen LogP contribution in [0, 0.1) is 6.92 Å². The largest absolute Gasteiger partial charge is 0.381 e. The molecule has 1 aromatic carbocycles. The van der Waals surface area contributed by atoms with E-state index in [1.165, 1.54) is 17.5 Å². The van der Waals surface area contributed by atoms with E-state index in [1.807, 2.05) is 0 Å². The van der Waals surface area contributed by atoms with Crippen LogP contribution in [0.5, 0.6) is 0 Å². The van der Waals surface area contributed by atoms with Crippen LogP contribution in [-0.2, 0) is 11.3 Å². The second-order valence-electron chi connectivity index (χ2n) is 6.21. The SMILES string of the molecule is Cc1cccc(CN(C2CCOCC2)C2CCNC2)c1Cl. The zero-order valence-corrected chi connectivity index (χ0v) is 13.5. The zero-order valence-electron chi connectivity index (χ0n) is 12.8. The summed E-state index contributed by atoms with van der Waals surface area (Å²) in [6.07, 6.45) is 3.51. The molecule has 4 heteroatoms. The summed E-state index contributed by atoms with van der Waals surface area (Å²) >= 11 is 6.52. The van der Waals surface area contributed by atoms with Crippen LogP contribution in [0.3, 0.4) is 0 Å². The summed E-state index contributed by atoms with van der Waals surface area (Å²) in [7, 11) is 0. The molecule has 1 unspecified atom stereocenters. The Morgan fingerprint density at radius 2 is 2.05 bits per heavy atom. The molecule has 1 aromatic rings. The minimum atomic E-state index is 0.625. The summed E-state index contributed by atoms with van der Waals surface area (Å²) < 4.78 is 5.54. The zero-order chi connectivity index (χ0) is 14.7. The highest BCUT2D eigenvalue weighted by Crippen LogP contribution is 2.27. The number of nitrogens with zero attached hydrogens (tertiary/aromatic N) is 1. The number of hydrogen-bond acceptors (Lipinski definition) is 3. The summed E-state index contributed by atoms with van der Waals surface area (Å²) in [5.74, 6) is 0. The Labute approximate surface area is 132 Å². The maximum atomic E-state index is 6.52. The van der Waals surface area contributed by atoms with Crippen LogP contribution in [0.2, 0.25) is 5.02 Å². The van der Waals surface area contributed by atoms with Crippen LogP contribution in [0.1, 0.15) is 30.4 Å². The van der Waals surface area contributed by atoms with E-state index in [9.17, 15) is 0 Å². The lowest BCUT2D eigenvalue weighted by Gasteiger charge is -2.38. The molecular formula is C17H25ClN2O. The summed E-state index contributed by atoms with van der Waals surface area (Å²) in [5.41, 5.74) is 2.43. The average Bonchev–Trinajstić information content (AvgIpc) is 3.04. The molecule has 0 bridgehead atoms. The van der Waals surface area contributed by atoms with Gasteiger partial charge in [0.1, 0.15) is 0 Å². The molecule has 0 aromatic heterocycles. The van der Waals surface area contributed by atoms with Crippen molar-refractivity contribution < 1.29 is 4.74 Å². The lowest BCUT2D eigenvalue weighted by Crippen LogP contribution is -2.46. The predicted molar refractivity (Wildman–Crippen MR) is 86.8 cm³/mol. The van der Waals surface area contributed by atoms with Crippen LogP contribution in [0.15, 0.2) is 18.2 Å². The molecule has 1 atom stereocenters. The molecule has 2 fully saturated rings. The lowest BCUT2D eigenvalue weighted by atomic mass is 10.0. The Hall–Kier alpha value is -0.610. The van der Waals surface area contributed by atoms with Gasteiger partial charge in [-0.3, -0.25) is 4.90 Å². The summed E-state index contributed by atoms with van der Waals surface area (Å²) in [6.45, 7) is 7.05. The Morgan fingerprint density at radius 1 is 1.24 bits per heavy atom. The number of ether oxygens (including phenoxy) is 1. The van der Waals surface area contributed by atoms with Crippen molar-refractivity contribution in [2.24, 2.45) is 0 Å². The first-order valence-corrected chi connectivity index (χ1v) is 8.41. The third kappa shape index (κ3) is 3.59. The molecule has 21 heavy (non-hydrogen) atoms. The van der Waals surface area contributed by atoms with Gasteiger partial charge in [-0.25, -0.2) is 0 Å². The highest BCUT2D eigenvalue weighted by Gasteiger charge is 2.30. The monoisotopic (exact) mass is 308 g/mol. The van der Waals surface area contributed by atoms with Crippen molar-refractivity contribution in [1.82, 2.24) is 10.2 Å². The third-order valence-corrected chi connectivity index (χ3v) is 5.33. The molecule has 2 saturated heterocycles. The molecule has 0 saturated carbocycles. The molecule has 0 amide bonds. The fourth-order valence-electron chi connectivity index (χ4n) is 3.52. The van der Waals surface area contributed by atoms with E-state index in [1.54, 1.807) is 0 Å². The number of rotatable bonds is 4. The van der Waals surface area contributed by atoms with Crippen molar-refractivity contribution in [3.63, 3.8) is 0 Å². The molecule has 2 heterocycles. The number of benzene rings is 1. The van der Waals surface area contributed by atoms with E-state index < -0.39 is 0 Å². The topological polar surface area (TPSA) is 24.5 Å². The second-order valence-corrected chi connectivity index (χ2v) is 6.59. The van der Waals surface area contributed by atoms with Crippen molar-refractivity contribution in [2.75, 3.05) is 26.3 Å². The van der Waals surface area contributed by atoms with Crippen LogP contribution in [0.4, 0.5) is 0 Å². The van der Waals surface area contributed by atoms with Gasteiger partial charge in [-0.2, -0.15) is 0 Å². The number of aryl methyl sites for hydroxylation is 1. The lowest BCUT2D eigenvalue weighted by molar-refractivity contribution is 0.0159. The Balaban J connectivity index is 1.79. The van der Waals surface area contributed by atoms with Crippen LogP contribution in [0.25, 0.3) is 0 Å². The molecular weight excluding hydrogens is 284 g/mol. The van der Waals surface area contributed by atoms with Crippen LogP contribution < -0.4 is 5.32 Å². The minimum absolute atomic E-state index is 0.625. The van der Waals surface area contributed by atoms with Gasteiger partial charge in [-0.15, -0.1) is 0 Å². The smallest absolute Gasteiger partial charge is 0.0480 e. The summed E-state index contributed by atoms with van der Waals surface area (Å²) in [6, 6.07) is 7.63. The molecule has 116 valence electrons. The maximum Gasteiger partial charge on any atom is 0.0480 e. The second kappa shape index (κ2) is 7.10. The van der Waals surface area contributed by atoms with Gasteiger partial charge in [0.05, 0.1) is 0 Å². The van der Waals surface area contributed by atoms with E-state index >= 15 is 0 Å². The molecule has 3 rings (SSSR count). The van der Waals surface area contributed by atoms with Crippen LogP contribution >= 0.6 is 11.6 Å². The van der Waals surface area contributed by atoms with Gasteiger partial charge in [0.15, 0.2) is 0 Å². The average molecular weight is 309 g/mol. The normalized spacial score (nSPS) is 23.9. The van der Waals surface area contributed by atoms with Gasteiger partial charge in [0.2, 0.25) is 0 Å². The molecule has 0 radical (unpaired) electrons. The highest BCUT2D eigenvalue weighted by atomic mass is 35.5. The first-order chi connectivity index (χ1) is 10.3. The fourth-order valence-corrected chi connectivity index (χ4v) is 3.71. The van der Waals surface area contributed by atoms with Crippen molar-refractivity contribution in [3.05, 3.63) is 34.3 Å². The van der Waals surface area contributed by atoms with Crippen molar-refractivity contribution in [2.45, 2.75) is 44.8 Å². The Morgan fingerprint density at radius 3 is 2.76 bits per heavy atom. The van der Waals surface area contributed by atoms with Crippen molar-refractivity contribution in [1.29, 1.82) is 0 Å². The summed E-state index contributed by atoms with van der Waals surface area (Å²) in [5, 5.41) is 4.43. The number of halogens is 1. The first kappa shape index (κ1) is 15.3. The molecule has 2 aliphatic heterocycles. The number of nitrogens with one attached hydrogen (secondary N) is 1. The van der Waals surface area contributed by atoms with E-state index in [0.717, 1.165) is 50.7 Å². The van der Waals surface area contributed by atoms with E-state index in [2.05, 4.69) is 35.3 Å². The molecule has 0 spiro atoms. The van der Waals surface area contributed by atoms with E-state index in [0.29, 0.717) is 12.1 Å². The molecule has 0 aliphatic carbocycles. The highest BCUT2D eigenvalue weighted by molar-refractivity contribution is 6.32. The molecule has 1 N–H and O–H groups in total. The molecule has 2 aliphatic rings. The standard InChI is InChI=1S/C17H25ClN2O/c1-13-3-2-4-14(17(13)18)12-20(16-5-8-19-11-16)15-6-9-21-10-7-15/h2-4,15-16,19H,5-12H2,1H3. The maximum absolute atomic E-state index is 6.52.